The predicted octanol–water partition coefficient (Wildman–Crippen LogP) is -0.269. The van der Waals surface area contributed by atoms with Gasteiger partial charge in [0.05, 0.1) is 12.2 Å². The Balaban J connectivity index is 2.99. The molecule has 0 aromatic rings. The second-order valence-corrected chi connectivity index (χ2v) is 7.93. The molecule has 4 N–H and O–H groups in total. The third kappa shape index (κ3) is 5.72. The zero-order valence-electron chi connectivity index (χ0n) is 15.8. The van der Waals surface area contributed by atoms with Gasteiger partial charge >= 0.3 is 0 Å². The Morgan fingerprint density at radius 3 is 2.12 bits per heavy atom. The maximum Gasteiger partial charge on any atom is 0.217 e. The van der Waals surface area contributed by atoms with Gasteiger partial charge in [0.2, 0.25) is 5.91 Å². The van der Waals surface area contributed by atoms with E-state index in [1.807, 2.05) is 13.8 Å². The van der Waals surface area contributed by atoms with Crippen LogP contribution in [0.15, 0.2) is 0 Å². The molecule has 0 spiro atoms. The predicted molar refractivity (Wildman–Crippen MR) is 89.6 cm³/mol. The van der Waals surface area contributed by atoms with Crippen molar-refractivity contribution in [3.8, 4) is 0 Å². The van der Waals surface area contributed by atoms with Gasteiger partial charge in [-0.25, -0.2) is 0 Å². The standard InChI is InChI=1S/C17H31NO7/c1-9(20)16(3,4)8-17(5,6)25-15-12(18-10(2)21)14(23)13(22)11(7-19)24-15/h11-15,19,22-23H,7-8H2,1-6H3,(H,18,21). The molecular formula is C17H31NO7. The van der Waals surface area contributed by atoms with Crippen LogP contribution < -0.4 is 5.32 Å². The maximum atomic E-state index is 11.8. The molecule has 1 amide bonds. The number of amides is 1. The van der Waals surface area contributed by atoms with Crippen LogP contribution >= 0.6 is 0 Å². The smallest absolute Gasteiger partial charge is 0.217 e. The van der Waals surface area contributed by atoms with Crippen molar-refractivity contribution in [1.82, 2.24) is 5.32 Å². The molecule has 5 atom stereocenters. The lowest BCUT2D eigenvalue weighted by atomic mass is 9.79. The van der Waals surface area contributed by atoms with Crippen molar-refractivity contribution >= 4 is 11.7 Å². The molecule has 0 saturated carbocycles. The Labute approximate surface area is 148 Å². The Hall–Kier alpha value is -1.06. The second kappa shape index (κ2) is 8.09. The topological polar surface area (TPSA) is 125 Å². The lowest BCUT2D eigenvalue weighted by Crippen LogP contribution is -2.65. The monoisotopic (exact) mass is 361 g/mol. The number of hydrogen-bond acceptors (Lipinski definition) is 7. The zero-order valence-corrected chi connectivity index (χ0v) is 15.8. The highest BCUT2D eigenvalue weighted by molar-refractivity contribution is 5.81. The Kier molecular flexibility index (Phi) is 7.12. The van der Waals surface area contributed by atoms with Crippen molar-refractivity contribution in [1.29, 1.82) is 0 Å². The van der Waals surface area contributed by atoms with Gasteiger partial charge in [0, 0.05) is 12.3 Å². The van der Waals surface area contributed by atoms with Crippen molar-refractivity contribution in [3.63, 3.8) is 0 Å². The van der Waals surface area contributed by atoms with Crippen LogP contribution in [0.1, 0.15) is 48.0 Å². The van der Waals surface area contributed by atoms with Crippen molar-refractivity contribution in [2.75, 3.05) is 6.61 Å². The van der Waals surface area contributed by atoms with Gasteiger partial charge in [-0.05, 0) is 27.2 Å². The summed E-state index contributed by atoms with van der Waals surface area (Å²) in [7, 11) is 0. The van der Waals surface area contributed by atoms with Gasteiger partial charge in [0.25, 0.3) is 0 Å². The third-order valence-corrected chi connectivity index (χ3v) is 4.51. The first-order valence-corrected chi connectivity index (χ1v) is 8.39. The molecule has 1 saturated heterocycles. The average Bonchev–Trinajstić information content (AvgIpc) is 2.44. The van der Waals surface area contributed by atoms with Gasteiger partial charge < -0.3 is 30.1 Å². The first kappa shape index (κ1) is 22.0. The minimum Gasteiger partial charge on any atom is -0.394 e. The number of rotatable bonds is 7. The van der Waals surface area contributed by atoms with Crippen LogP contribution in [-0.4, -0.2) is 69.9 Å². The summed E-state index contributed by atoms with van der Waals surface area (Å²) in [6.45, 7) is 9.44. The Morgan fingerprint density at radius 2 is 1.68 bits per heavy atom. The maximum absolute atomic E-state index is 11.8. The first-order chi connectivity index (χ1) is 11.3. The van der Waals surface area contributed by atoms with Crippen molar-refractivity contribution in [2.45, 2.75) is 84.2 Å². The zero-order chi connectivity index (χ0) is 19.6. The summed E-state index contributed by atoms with van der Waals surface area (Å²) in [5.41, 5.74) is -1.45. The summed E-state index contributed by atoms with van der Waals surface area (Å²) in [4.78, 5) is 23.2. The largest absolute Gasteiger partial charge is 0.394 e. The van der Waals surface area contributed by atoms with E-state index in [-0.39, 0.29) is 5.78 Å². The lowest BCUT2D eigenvalue weighted by molar-refractivity contribution is -0.298. The molecular weight excluding hydrogens is 330 g/mol. The summed E-state index contributed by atoms with van der Waals surface area (Å²) in [5.74, 6) is -0.409. The molecule has 1 fully saturated rings. The molecule has 0 aliphatic carbocycles. The molecule has 1 heterocycles. The molecule has 8 heteroatoms. The highest BCUT2D eigenvalue weighted by Gasteiger charge is 2.47. The molecule has 0 aromatic heterocycles. The summed E-state index contributed by atoms with van der Waals surface area (Å²) >= 11 is 0. The van der Waals surface area contributed by atoms with E-state index in [2.05, 4.69) is 5.32 Å². The number of nitrogens with one attached hydrogen (secondary N) is 1. The van der Waals surface area contributed by atoms with Crippen LogP contribution in [0, 0.1) is 5.41 Å². The molecule has 146 valence electrons. The molecule has 0 radical (unpaired) electrons. The van der Waals surface area contributed by atoms with Gasteiger partial charge in [0.15, 0.2) is 6.29 Å². The normalized spacial score (nSPS) is 30.8. The van der Waals surface area contributed by atoms with Gasteiger partial charge in [-0.1, -0.05) is 13.8 Å². The molecule has 5 unspecified atom stereocenters. The molecule has 0 aromatic carbocycles. The van der Waals surface area contributed by atoms with E-state index in [4.69, 9.17) is 9.47 Å². The molecule has 25 heavy (non-hydrogen) atoms. The second-order valence-electron chi connectivity index (χ2n) is 7.93. The summed E-state index contributed by atoms with van der Waals surface area (Å²) in [6, 6.07) is -1.00. The van der Waals surface area contributed by atoms with Gasteiger partial charge in [-0.2, -0.15) is 0 Å². The fourth-order valence-electron chi connectivity index (χ4n) is 3.12. The summed E-state index contributed by atoms with van der Waals surface area (Å²) in [5, 5.41) is 32.2. The van der Waals surface area contributed by atoms with E-state index in [1.54, 1.807) is 13.8 Å². The number of ether oxygens (including phenoxy) is 2. The van der Waals surface area contributed by atoms with Gasteiger partial charge in [-0.15, -0.1) is 0 Å². The van der Waals surface area contributed by atoms with Gasteiger partial charge in [-0.3, -0.25) is 9.59 Å². The molecule has 1 aliphatic heterocycles. The number of aliphatic hydroxyl groups excluding tert-OH is 3. The van der Waals surface area contributed by atoms with Crippen molar-refractivity contribution in [2.24, 2.45) is 5.41 Å². The molecule has 0 bridgehead atoms. The average molecular weight is 361 g/mol. The highest BCUT2D eigenvalue weighted by Crippen LogP contribution is 2.34. The summed E-state index contributed by atoms with van der Waals surface area (Å²) in [6.07, 6.45) is -4.47. The minimum atomic E-state index is -1.36. The van der Waals surface area contributed by atoms with Crippen LogP contribution in [0.2, 0.25) is 0 Å². The fourth-order valence-corrected chi connectivity index (χ4v) is 3.12. The van der Waals surface area contributed by atoms with E-state index in [0.717, 1.165) is 0 Å². The Morgan fingerprint density at radius 1 is 1.12 bits per heavy atom. The van der Waals surface area contributed by atoms with E-state index in [0.29, 0.717) is 6.42 Å². The quantitative estimate of drug-likeness (QED) is 0.492. The third-order valence-electron chi connectivity index (χ3n) is 4.51. The van der Waals surface area contributed by atoms with Crippen molar-refractivity contribution in [3.05, 3.63) is 0 Å². The van der Waals surface area contributed by atoms with E-state index in [9.17, 15) is 24.9 Å². The van der Waals surface area contributed by atoms with Crippen LogP contribution in [0.4, 0.5) is 0 Å². The lowest BCUT2D eigenvalue weighted by Gasteiger charge is -2.45. The number of carbonyl (C=O) groups excluding carboxylic acids is 2. The van der Waals surface area contributed by atoms with Gasteiger partial charge in [0.1, 0.15) is 30.1 Å². The molecule has 8 nitrogen and oxygen atoms in total. The number of hydrogen-bond donors (Lipinski definition) is 4. The van der Waals surface area contributed by atoms with Crippen molar-refractivity contribution < 1.29 is 34.4 Å². The molecule has 1 rings (SSSR count). The van der Waals surface area contributed by atoms with E-state index < -0.39 is 54.2 Å². The highest BCUT2D eigenvalue weighted by atomic mass is 16.7. The Bertz CT molecular complexity index is 491. The number of ketones is 1. The van der Waals surface area contributed by atoms with Crippen LogP contribution in [0.3, 0.4) is 0 Å². The summed E-state index contributed by atoms with van der Waals surface area (Å²) < 4.78 is 11.5. The first-order valence-electron chi connectivity index (χ1n) is 8.39. The van der Waals surface area contributed by atoms with Crippen LogP contribution in [0.25, 0.3) is 0 Å². The number of Topliss-reactive ketones (excluding diaryl/α,β-unsaturated/α-hetero) is 1. The van der Waals surface area contributed by atoms with Crippen LogP contribution in [-0.2, 0) is 19.1 Å². The van der Waals surface area contributed by atoms with E-state index >= 15 is 0 Å². The SMILES string of the molecule is CC(=O)NC1C(OC(C)(C)CC(C)(C)C(C)=O)OC(CO)C(O)C1O. The van der Waals surface area contributed by atoms with Crippen LogP contribution in [0.5, 0.6) is 0 Å². The number of carbonyl (C=O) groups is 2. The fraction of sp³-hybridized carbons (Fsp3) is 0.882. The molecule has 1 aliphatic rings. The minimum absolute atomic E-state index is 0.0100. The van der Waals surface area contributed by atoms with E-state index in [1.165, 1.54) is 13.8 Å². The number of aliphatic hydroxyl groups is 3.